The number of piperazine rings is 1. The van der Waals surface area contributed by atoms with E-state index in [2.05, 4.69) is 5.32 Å². The molecule has 1 amide bonds. The summed E-state index contributed by atoms with van der Waals surface area (Å²) in [6, 6.07) is 0. The summed E-state index contributed by atoms with van der Waals surface area (Å²) in [5, 5.41) is 20.6. The topological polar surface area (TPSA) is 98.8 Å². The zero-order valence-corrected chi connectivity index (χ0v) is 5.95. The van der Waals surface area contributed by atoms with Crippen LogP contribution >= 0.6 is 0 Å². The lowest BCUT2D eigenvalue weighted by atomic mass is 10.3. The van der Waals surface area contributed by atoms with Crippen molar-refractivity contribution in [1.29, 1.82) is 0 Å². The first-order chi connectivity index (χ1) is 5.04. The molecule has 0 unspecified atom stereocenters. The Hall–Kier alpha value is -0.850. The van der Waals surface area contributed by atoms with E-state index in [4.69, 9.17) is 10.8 Å². The number of nitrogens with two attached hydrogens (primary N) is 1. The molecule has 0 saturated carbocycles. The average Bonchev–Trinajstić information content (AvgIpc) is 1.85. The molecular weight excluding hydrogens is 150 g/mol. The number of β-amino-alcohol motifs (C(OH)–C–C–N with tert-alkyl or cyclic N) is 1. The second-order valence-corrected chi connectivity index (χ2v) is 2.49. The molecule has 64 valence electrons. The van der Waals surface area contributed by atoms with E-state index >= 15 is 0 Å². The molecule has 5 N–H and O–H groups in total. The third-order valence-electron chi connectivity index (χ3n) is 1.60. The Morgan fingerprint density at radius 1 is 1.73 bits per heavy atom. The van der Waals surface area contributed by atoms with Gasteiger partial charge in [0.05, 0.1) is 6.54 Å². The largest absolute Gasteiger partial charge is 0.465 e. The van der Waals surface area contributed by atoms with Gasteiger partial charge >= 0.3 is 6.09 Å². The van der Waals surface area contributed by atoms with E-state index in [1.807, 2.05) is 0 Å². The first-order valence-corrected chi connectivity index (χ1v) is 3.26. The molecule has 0 aliphatic carbocycles. The molecule has 1 saturated heterocycles. The van der Waals surface area contributed by atoms with Crippen LogP contribution in [0.4, 0.5) is 4.79 Å². The van der Waals surface area contributed by atoms with Crippen molar-refractivity contribution in [3.8, 4) is 0 Å². The van der Waals surface area contributed by atoms with Crippen molar-refractivity contribution in [3.05, 3.63) is 0 Å². The summed E-state index contributed by atoms with van der Waals surface area (Å²) in [5.41, 5.74) is 5.26. The van der Waals surface area contributed by atoms with Crippen LogP contribution in [0.25, 0.3) is 0 Å². The van der Waals surface area contributed by atoms with Crippen LogP contribution in [0, 0.1) is 0 Å². The van der Waals surface area contributed by atoms with Gasteiger partial charge in [0.2, 0.25) is 5.85 Å². The SMILES string of the molecule is N[C@@]1(O)CNCCN1C(=O)O. The second-order valence-electron chi connectivity index (χ2n) is 2.49. The molecule has 1 aliphatic heterocycles. The maximum Gasteiger partial charge on any atom is 0.410 e. The summed E-state index contributed by atoms with van der Waals surface area (Å²) in [6.07, 6.45) is -1.20. The fourth-order valence-corrected chi connectivity index (χ4v) is 1.01. The Morgan fingerprint density at radius 2 is 2.36 bits per heavy atom. The third-order valence-corrected chi connectivity index (χ3v) is 1.60. The standard InChI is InChI=1S/C5H11N3O3/c6-5(11)3-7-1-2-8(5)4(9)10/h7,11H,1-3,6H2,(H,9,10)/t5-/m0/s1. The average molecular weight is 161 g/mol. The van der Waals surface area contributed by atoms with Gasteiger partial charge in [-0.1, -0.05) is 0 Å². The van der Waals surface area contributed by atoms with Gasteiger partial charge in [-0.25, -0.2) is 4.79 Å². The van der Waals surface area contributed by atoms with Crippen molar-refractivity contribution in [2.45, 2.75) is 5.85 Å². The van der Waals surface area contributed by atoms with Gasteiger partial charge in [-0.05, 0) is 0 Å². The number of hydrogen-bond donors (Lipinski definition) is 4. The number of carbonyl (C=O) groups is 1. The van der Waals surface area contributed by atoms with Crippen LogP contribution in [0.2, 0.25) is 0 Å². The fourth-order valence-electron chi connectivity index (χ4n) is 1.01. The fraction of sp³-hybridized carbons (Fsp3) is 0.800. The van der Waals surface area contributed by atoms with Gasteiger partial charge in [-0.2, -0.15) is 0 Å². The molecule has 1 atom stereocenters. The minimum atomic E-state index is -1.76. The Bertz CT molecular complexity index is 170. The number of nitrogens with zero attached hydrogens (tertiary/aromatic N) is 1. The molecule has 6 nitrogen and oxygen atoms in total. The molecule has 11 heavy (non-hydrogen) atoms. The molecule has 0 aromatic rings. The van der Waals surface area contributed by atoms with Crippen molar-refractivity contribution >= 4 is 6.09 Å². The summed E-state index contributed by atoms with van der Waals surface area (Å²) < 4.78 is 0. The van der Waals surface area contributed by atoms with Crippen molar-refractivity contribution in [1.82, 2.24) is 10.2 Å². The van der Waals surface area contributed by atoms with Crippen LogP contribution < -0.4 is 11.1 Å². The molecule has 1 heterocycles. The number of amides is 1. The quantitative estimate of drug-likeness (QED) is 0.313. The summed E-state index contributed by atoms with van der Waals surface area (Å²) in [5.74, 6) is -1.76. The highest BCUT2D eigenvalue weighted by atomic mass is 16.4. The van der Waals surface area contributed by atoms with E-state index in [1.54, 1.807) is 0 Å². The van der Waals surface area contributed by atoms with E-state index < -0.39 is 11.9 Å². The molecule has 1 rings (SSSR count). The van der Waals surface area contributed by atoms with E-state index in [-0.39, 0.29) is 13.1 Å². The molecule has 1 aliphatic rings. The normalized spacial score (nSPS) is 32.0. The zero-order valence-electron chi connectivity index (χ0n) is 5.95. The van der Waals surface area contributed by atoms with Crippen molar-refractivity contribution in [2.75, 3.05) is 19.6 Å². The lowest BCUT2D eigenvalue weighted by Crippen LogP contribution is -2.67. The van der Waals surface area contributed by atoms with E-state index in [0.29, 0.717) is 6.54 Å². The number of nitrogens with one attached hydrogen (secondary N) is 1. The van der Waals surface area contributed by atoms with Gasteiger partial charge in [0.1, 0.15) is 0 Å². The summed E-state index contributed by atoms with van der Waals surface area (Å²) in [6.45, 7) is 0.799. The predicted molar refractivity (Wildman–Crippen MR) is 36.7 cm³/mol. The van der Waals surface area contributed by atoms with Gasteiger partial charge in [0.15, 0.2) is 0 Å². The van der Waals surface area contributed by atoms with Crippen molar-refractivity contribution in [3.63, 3.8) is 0 Å². The van der Waals surface area contributed by atoms with Gasteiger partial charge < -0.3 is 15.5 Å². The predicted octanol–water partition coefficient (Wildman–Crippen LogP) is -1.83. The van der Waals surface area contributed by atoms with Gasteiger partial charge in [-0.15, -0.1) is 0 Å². The number of carboxylic acid groups (broad SMARTS) is 1. The first-order valence-electron chi connectivity index (χ1n) is 3.26. The molecular formula is C5H11N3O3. The summed E-state index contributed by atoms with van der Waals surface area (Å²) in [4.78, 5) is 11.2. The molecule has 0 aromatic heterocycles. The number of rotatable bonds is 0. The Morgan fingerprint density at radius 3 is 2.73 bits per heavy atom. The highest BCUT2D eigenvalue weighted by Gasteiger charge is 2.35. The minimum absolute atomic E-state index is 0.0688. The van der Waals surface area contributed by atoms with Crippen molar-refractivity contribution < 1.29 is 15.0 Å². The highest BCUT2D eigenvalue weighted by Crippen LogP contribution is 2.07. The van der Waals surface area contributed by atoms with Crippen LogP contribution in [0.5, 0.6) is 0 Å². The number of aliphatic hydroxyl groups is 1. The second kappa shape index (κ2) is 2.65. The lowest BCUT2D eigenvalue weighted by Gasteiger charge is -2.38. The van der Waals surface area contributed by atoms with Gasteiger partial charge in [-0.3, -0.25) is 10.6 Å². The van der Waals surface area contributed by atoms with Gasteiger partial charge in [0.25, 0.3) is 0 Å². The van der Waals surface area contributed by atoms with E-state index in [9.17, 15) is 9.90 Å². The van der Waals surface area contributed by atoms with Crippen LogP contribution in [-0.2, 0) is 0 Å². The molecule has 1 fully saturated rings. The monoisotopic (exact) mass is 161 g/mol. The van der Waals surface area contributed by atoms with E-state index in [1.165, 1.54) is 0 Å². The maximum atomic E-state index is 10.4. The third kappa shape index (κ3) is 1.59. The van der Waals surface area contributed by atoms with Crippen molar-refractivity contribution in [2.24, 2.45) is 5.73 Å². The lowest BCUT2D eigenvalue weighted by molar-refractivity contribution is -0.0979. The number of hydrogen-bond acceptors (Lipinski definition) is 4. The van der Waals surface area contributed by atoms with Crippen LogP contribution in [0.3, 0.4) is 0 Å². The molecule has 6 heteroatoms. The Kier molecular flexibility index (Phi) is 1.99. The molecule has 0 radical (unpaired) electrons. The van der Waals surface area contributed by atoms with Crippen LogP contribution in [-0.4, -0.2) is 46.7 Å². The Labute approximate surface area is 63.6 Å². The first kappa shape index (κ1) is 8.25. The minimum Gasteiger partial charge on any atom is -0.465 e. The summed E-state index contributed by atoms with van der Waals surface area (Å²) >= 11 is 0. The molecule has 0 bridgehead atoms. The summed E-state index contributed by atoms with van der Waals surface area (Å²) in [7, 11) is 0. The molecule has 0 spiro atoms. The smallest absolute Gasteiger partial charge is 0.410 e. The molecule has 0 aromatic carbocycles. The van der Waals surface area contributed by atoms with Crippen LogP contribution in [0.1, 0.15) is 0 Å². The van der Waals surface area contributed by atoms with Crippen LogP contribution in [0.15, 0.2) is 0 Å². The van der Waals surface area contributed by atoms with E-state index in [0.717, 1.165) is 4.90 Å². The zero-order chi connectivity index (χ0) is 8.48. The van der Waals surface area contributed by atoms with Gasteiger partial charge in [0, 0.05) is 13.1 Å². The highest BCUT2D eigenvalue weighted by molar-refractivity contribution is 5.65. The maximum absolute atomic E-state index is 10.4. The Balaban J connectivity index is 2.67.